The molecule has 0 spiro atoms. The maximum atomic E-state index is 13.4. The minimum absolute atomic E-state index is 0.282. The molecule has 0 bridgehead atoms. The molecule has 0 fully saturated rings. The first-order valence-electron chi connectivity index (χ1n) is 4.36. The van der Waals surface area contributed by atoms with Crippen LogP contribution in [0.3, 0.4) is 0 Å². The van der Waals surface area contributed by atoms with Crippen LogP contribution in [0.4, 0.5) is 22.0 Å². The van der Waals surface area contributed by atoms with E-state index in [0.717, 1.165) is 0 Å². The first-order valence-corrected chi connectivity index (χ1v) is 4.36. The first kappa shape index (κ1) is 13.4. The second-order valence-corrected chi connectivity index (χ2v) is 3.36. The van der Waals surface area contributed by atoms with Gasteiger partial charge in [0.25, 0.3) is 0 Å². The Balaban J connectivity index is 3.01. The Morgan fingerprint density at radius 1 is 1.12 bits per heavy atom. The molecule has 7 heteroatoms. The average Bonchev–Trinajstić information content (AvgIpc) is 2.14. The largest absolute Gasteiger partial charge is 0.452 e. The third kappa shape index (κ3) is 2.92. The summed E-state index contributed by atoms with van der Waals surface area (Å²) >= 11 is 0. The molecule has 94 valence electrons. The van der Waals surface area contributed by atoms with Gasteiger partial charge in [0.15, 0.2) is 6.29 Å². The van der Waals surface area contributed by atoms with Gasteiger partial charge in [0.1, 0.15) is 17.4 Å². The molecular weight excluding hydrogens is 247 g/mol. The summed E-state index contributed by atoms with van der Waals surface area (Å²) in [5.74, 6) is -11.2. The Labute approximate surface area is 93.0 Å². The summed E-state index contributed by atoms with van der Waals surface area (Å²) in [4.78, 5) is 9.98. The van der Waals surface area contributed by atoms with Crippen LogP contribution in [0.25, 0.3) is 0 Å². The van der Waals surface area contributed by atoms with Crippen molar-refractivity contribution >= 4 is 6.29 Å². The van der Waals surface area contributed by atoms with Crippen molar-refractivity contribution in [2.75, 3.05) is 0 Å². The second-order valence-electron chi connectivity index (χ2n) is 3.36. The lowest BCUT2D eigenvalue weighted by molar-refractivity contribution is -0.211. The lowest BCUT2D eigenvalue weighted by atomic mass is 10.2. The molecule has 0 saturated carbocycles. The second kappa shape index (κ2) is 4.31. The van der Waals surface area contributed by atoms with Gasteiger partial charge in [-0.3, -0.25) is 4.79 Å². The van der Waals surface area contributed by atoms with E-state index in [-0.39, 0.29) is 6.92 Å². The van der Waals surface area contributed by atoms with Gasteiger partial charge in [0.05, 0.1) is 0 Å². The van der Waals surface area contributed by atoms with Gasteiger partial charge >= 0.3 is 11.8 Å². The summed E-state index contributed by atoms with van der Waals surface area (Å²) in [5, 5.41) is 0. The van der Waals surface area contributed by atoms with Crippen molar-refractivity contribution in [3.63, 3.8) is 0 Å². The van der Waals surface area contributed by atoms with Crippen molar-refractivity contribution in [3.05, 3.63) is 29.8 Å². The zero-order valence-corrected chi connectivity index (χ0v) is 8.52. The Morgan fingerprint density at radius 3 is 2.00 bits per heavy atom. The van der Waals surface area contributed by atoms with Crippen LogP contribution >= 0.6 is 0 Å². The normalized spacial score (nSPS) is 15.2. The molecule has 0 aliphatic rings. The van der Waals surface area contributed by atoms with Crippen molar-refractivity contribution < 1.29 is 31.5 Å². The van der Waals surface area contributed by atoms with E-state index in [1.165, 1.54) is 0 Å². The molecule has 1 aromatic rings. The van der Waals surface area contributed by atoms with Crippen molar-refractivity contribution in [1.82, 2.24) is 0 Å². The number of hydrogen-bond acceptors (Lipinski definition) is 2. The van der Waals surface area contributed by atoms with Crippen LogP contribution in [0.2, 0.25) is 0 Å². The number of rotatable bonds is 4. The van der Waals surface area contributed by atoms with Crippen LogP contribution in [0, 0.1) is 11.6 Å². The Bertz CT molecular complexity index is 410. The standard InChI is InChI=1S/C10H7F5O2/c1-9(13,10(14,15)5-16)17-8-3-6(11)2-7(12)4-8/h2-5H,1H3/t9-/m0/s1. The lowest BCUT2D eigenvalue weighted by Gasteiger charge is -2.26. The number of benzene rings is 1. The molecule has 0 amide bonds. The van der Waals surface area contributed by atoms with Crippen molar-refractivity contribution in [3.8, 4) is 5.75 Å². The molecule has 0 radical (unpaired) electrons. The maximum Gasteiger partial charge on any atom is 0.370 e. The van der Waals surface area contributed by atoms with Gasteiger partial charge in [0, 0.05) is 25.1 Å². The molecule has 0 saturated heterocycles. The smallest absolute Gasteiger partial charge is 0.370 e. The van der Waals surface area contributed by atoms with Crippen LogP contribution in [0.1, 0.15) is 6.92 Å². The van der Waals surface area contributed by atoms with Gasteiger partial charge in [0.2, 0.25) is 0 Å². The number of aldehydes is 1. The molecule has 0 aliphatic carbocycles. The van der Waals surface area contributed by atoms with Crippen LogP contribution in [-0.4, -0.2) is 18.1 Å². The minimum Gasteiger partial charge on any atom is -0.452 e. The molecule has 0 heterocycles. The number of ether oxygens (including phenoxy) is 1. The van der Waals surface area contributed by atoms with Crippen LogP contribution in [0.15, 0.2) is 18.2 Å². The van der Waals surface area contributed by atoms with E-state index in [1.807, 2.05) is 0 Å². The molecule has 1 atom stereocenters. The summed E-state index contributed by atoms with van der Waals surface area (Å²) < 4.78 is 68.3. The third-order valence-electron chi connectivity index (χ3n) is 1.89. The summed E-state index contributed by atoms with van der Waals surface area (Å²) in [7, 11) is 0. The monoisotopic (exact) mass is 254 g/mol. The highest BCUT2D eigenvalue weighted by Crippen LogP contribution is 2.33. The predicted molar refractivity (Wildman–Crippen MR) is 47.5 cm³/mol. The number of carbonyl (C=O) groups is 1. The SMILES string of the molecule is C[C@](F)(Oc1cc(F)cc(F)c1)C(F)(F)C=O. The third-order valence-corrected chi connectivity index (χ3v) is 1.89. The molecule has 2 nitrogen and oxygen atoms in total. The Morgan fingerprint density at radius 2 is 1.59 bits per heavy atom. The van der Waals surface area contributed by atoms with Crippen LogP contribution < -0.4 is 4.74 Å². The van der Waals surface area contributed by atoms with Crippen LogP contribution in [0.5, 0.6) is 5.75 Å². The van der Waals surface area contributed by atoms with Gasteiger partial charge in [-0.05, 0) is 0 Å². The van der Waals surface area contributed by atoms with E-state index in [0.29, 0.717) is 18.2 Å². The molecule has 0 unspecified atom stereocenters. The molecule has 17 heavy (non-hydrogen) atoms. The summed E-state index contributed by atoms with van der Waals surface area (Å²) in [5.41, 5.74) is 0. The lowest BCUT2D eigenvalue weighted by Crippen LogP contribution is -2.47. The zero-order chi connectivity index (χ0) is 13.3. The van der Waals surface area contributed by atoms with E-state index >= 15 is 0 Å². The Kier molecular flexibility index (Phi) is 3.40. The average molecular weight is 254 g/mol. The Hall–Kier alpha value is -1.66. The number of hydrogen-bond donors (Lipinski definition) is 0. The number of alkyl halides is 3. The van der Waals surface area contributed by atoms with Crippen molar-refractivity contribution in [2.45, 2.75) is 18.7 Å². The maximum absolute atomic E-state index is 13.4. The van der Waals surface area contributed by atoms with E-state index in [4.69, 9.17) is 0 Å². The predicted octanol–water partition coefficient (Wildman–Crippen LogP) is 2.86. The molecule has 1 rings (SSSR count). The van der Waals surface area contributed by atoms with Crippen molar-refractivity contribution in [2.24, 2.45) is 0 Å². The summed E-state index contributed by atoms with van der Waals surface area (Å²) in [6.45, 7) is 0.282. The fraction of sp³-hybridized carbons (Fsp3) is 0.300. The topological polar surface area (TPSA) is 26.3 Å². The minimum atomic E-state index is -4.43. The molecule has 0 aromatic heterocycles. The van der Waals surface area contributed by atoms with E-state index in [9.17, 15) is 26.7 Å². The van der Waals surface area contributed by atoms with Crippen LogP contribution in [-0.2, 0) is 4.79 Å². The molecular formula is C10H7F5O2. The first-order chi connectivity index (χ1) is 7.68. The summed E-state index contributed by atoms with van der Waals surface area (Å²) in [6, 6.07) is 1.49. The number of carbonyl (C=O) groups excluding carboxylic acids is 1. The van der Waals surface area contributed by atoms with Crippen molar-refractivity contribution in [1.29, 1.82) is 0 Å². The number of halogens is 5. The van der Waals surface area contributed by atoms with Gasteiger partial charge in [-0.2, -0.15) is 13.2 Å². The zero-order valence-electron chi connectivity index (χ0n) is 8.52. The van der Waals surface area contributed by atoms with Gasteiger partial charge in [-0.25, -0.2) is 8.78 Å². The fourth-order valence-electron chi connectivity index (χ4n) is 0.982. The fourth-order valence-corrected chi connectivity index (χ4v) is 0.982. The van der Waals surface area contributed by atoms with E-state index in [1.54, 1.807) is 0 Å². The highest BCUT2D eigenvalue weighted by molar-refractivity contribution is 5.61. The molecule has 0 aliphatic heterocycles. The van der Waals surface area contributed by atoms with Gasteiger partial charge < -0.3 is 4.74 Å². The van der Waals surface area contributed by atoms with E-state index < -0.39 is 35.4 Å². The van der Waals surface area contributed by atoms with Gasteiger partial charge in [-0.1, -0.05) is 0 Å². The quantitative estimate of drug-likeness (QED) is 0.610. The highest BCUT2D eigenvalue weighted by atomic mass is 19.3. The molecule has 1 aromatic carbocycles. The summed E-state index contributed by atoms with van der Waals surface area (Å²) in [6.07, 6.45) is -0.942. The highest BCUT2D eigenvalue weighted by Gasteiger charge is 2.54. The molecule has 0 N–H and O–H groups in total. The van der Waals surface area contributed by atoms with Gasteiger partial charge in [-0.15, -0.1) is 0 Å². The van der Waals surface area contributed by atoms with E-state index in [2.05, 4.69) is 4.74 Å².